The molecule has 32 heavy (non-hydrogen) atoms. The van der Waals surface area contributed by atoms with Gasteiger partial charge in [-0.15, -0.1) is 15.0 Å². The van der Waals surface area contributed by atoms with E-state index in [1.807, 2.05) is 55.5 Å². The molecule has 8 heteroatoms. The number of rotatable bonds is 4. The van der Waals surface area contributed by atoms with E-state index < -0.39 is 10.8 Å². The van der Waals surface area contributed by atoms with Crippen molar-refractivity contribution in [2.75, 3.05) is 5.32 Å². The molecule has 0 aliphatic heterocycles. The van der Waals surface area contributed by atoms with E-state index in [0.717, 1.165) is 22.0 Å². The topological polar surface area (TPSA) is 103 Å². The summed E-state index contributed by atoms with van der Waals surface area (Å²) in [7, 11) is 0. The van der Waals surface area contributed by atoms with E-state index in [1.165, 1.54) is 24.3 Å². The van der Waals surface area contributed by atoms with Crippen LogP contribution < -0.4 is 5.32 Å². The summed E-state index contributed by atoms with van der Waals surface area (Å²) in [6.45, 7) is 1.86. The molecule has 5 aromatic rings. The predicted octanol–water partition coefficient (Wildman–Crippen LogP) is 5.04. The first-order valence-electron chi connectivity index (χ1n) is 9.91. The lowest BCUT2D eigenvalue weighted by Gasteiger charge is -2.08. The van der Waals surface area contributed by atoms with Crippen LogP contribution in [-0.4, -0.2) is 25.8 Å². The van der Waals surface area contributed by atoms with Gasteiger partial charge in [-0.2, -0.15) is 0 Å². The van der Waals surface area contributed by atoms with Crippen LogP contribution in [0.25, 0.3) is 27.5 Å². The van der Waals surface area contributed by atoms with Crippen LogP contribution in [0.5, 0.6) is 0 Å². The molecule has 156 valence electrons. The first kappa shape index (κ1) is 19.4. The Hall–Kier alpha value is -4.59. The van der Waals surface area contributed by atoms with E-state index in [1.54, 1.807) is 10.9 Å². The number of carbonyl (C=O) groups is 1. The van der Waals surface area contributed by atoms with Crippen molar-refractivity contribution < 1.29 is 9.72 Å². The fourth-order valence-electron chi connectivity index (χ4n) is 3.65. The van der Waals surface area contributed by atoms with Gasteiger partial charge in [-0.1, -0.05) is 42.5 Å². The second kappa shape index (κ2) is 7.59. The van der Waals surface area contributed by atoms with E-state index in [2.05, 4.69) is 15.5 Å². The Balaban J connectivity index is 1.51. The first-order chi connectivity index (χ1) is 15.5. The van der Waals surface area contributed by atoms with Gasteiger partial charge in [0, 0.05) is 28.8 Å². The minimum Gasteiger partial charge on any atom is -0.322 e. The maximum atomic E-state index is 12.7. The van der Waals surface area contributed by atoms with Crippen molar-refractivity contribution >= 4 is 39.1 Å². The molecule has 4 aromatic carbocycles. The maximum Gasteiger partial charge on any atom is 0.270 e. The first-order valence-corrected chi connectivity index (χ1v) is 9.91. The summed E-state index contributed by atoms with van der Waals surface area (Å²) < 4.78 is 0. The molecule has 0 radical (unpaired) electrons. The van der Waals surface area contributed by atoms with Crippen LogP contribution in [0.15, 0.2) is 78.9 Å². The third-order valence-electron chi connectivity index (χ3n) is 5.28. The van der Waals surface area contributed by atoms with Crippen molar-refractivity contribution in [1.29, 1.82) is 0 Å². The highest BCUT2D eigenvalue weighted by atomic mass is 16.6. The Morgan fingerprint density at radius 2 is 1.66 bits per heavy atom. The molecular formula is C24H17N5O3. The smallest absolute Gasteiger partial charge is 0.270 e. The van der Waals surface area contributed by atoms with Crippen LogP contribution in [-0.2, 0) is 0 Å². The Labute approximate surface area is 182 Å². The molecule has 0 atom stereocenters. The number of amides is 1. The van der Waals surface area contributed by atoms with Crippen molar-refractivity contribution in [3.8, 4) is 5.69 Å². The van der Waals surface area contributed by atoms with E-state index in [-0.39, 0.29) is 11.3 Å². The van der Waals surface area contributed by atoms with Gasteiger partial charge in [0.15, 0.2) is 0 Å². The zero-order valence-electron chi connectivity index (χ0n) is 17.0. The van der Waals surface area contributed by atoms with E-state index in [0.29, 0.717) is 16.7 Å². The number of aryl methyl sites for hydroxylation is 1. The molecule has 5 rings (SSSR count). The molecule has 1 N–H and O–H groups in total. The standard InChI is InChI=1S/C24H17N5O3/c1-15-12-21-22(14-20(15)25-24(30)17-8-4-9-18(13-17)29(31)32)27-28(26-21)23-11-5-7-16-6-2-3-10-19(16)23/h2-14H,1H3,(H,25,30). The summed E-state index contributed by atoms with van der Waals surface area (Å²) >= 11 is 0. The fraction of sp³-hybridized carbons (Fsp3) is 0.0417. The van der Waals surface area contributed by atoms with Crippen molar-refractivity contribution in [1.82, 2.24) is 15.0 Å². The molecule has 0 spiro atoms. The molecule has 0 fully saturated rings. The number of nitrogens with zero attached hydrogens (tertiary/aromatic N) is 4. The molecule has 0 aliphatic rings. The quantitative estimate of drug-likeness (QED) is 0.322. The highest BCUT2D eigenvalue weighted by molar-refractivity contribution is 6.05. The molecule has 0 saturated carbocycles. The Kier molecular flexibility index (Phi) is 4.59. The number of hydrogen-bond acceptors (Lipinski definition) is 5. The average molecular weight is 423 g/mol. The van der Waals surface area contributed by atoms with Crippen LogP contribution in [0.3, 0.4) is 0 Å². The minimum atomic E-state index is -0.528. The largest absolute Gasteiger partial charge is 0.322 e. The minimum absolute atomic E-state index is 0.136. The predicted molar refractivity (Wildman–Crippen MR) is 122 cm³/mol. The summed E-state index contributed by atoms with van der Waals surface area (Å²) in [6.07, 6.45) is 0. The number of carbonyl (C=O) groups excluding carboxylic acids is 1. The van der Waals surface area contributed by atoms with Crippen LogP contribution in [0, 0.1) is 17.0 Å². The van der Waals surface area contributed by atoms with Gasteiger partial charge in [0.25, 0.3) is 11.6 Å². The Morgan fingerprint density at radius 1 is 0.938 bits per heavy atom. The van der Waals surface area contributed by atoms with Gasteiger partial charge in [-0.25, -0.2) is 0 Å². The zero-order chi connectivity index (χ0) is 22.2. The van der Waals surface area contributed by atoms with Crippen LogP contribution in [0.1, 0.15) is 15.9 Å². The number of non-ortho nitro benzene ring substituents is 1. The molecule has 8 nitrogen and oxygen atoms in total. The van der Waals surface area contributed by atoms with Gasteiger partial charge in [-0.3, -0.25) is 14.9 Å². The molecule has 1 heterocycles. The molecule has 0 aliphatic carbocycles. The number of nitro benzene ring substituents is 1. The number of benzene rings is 4. The highest BCUT2D eigenvalue weighted by Gasteiger charge is 2.15. The zero-order valence-corrected chi connectivity index (χ0v) is 17.0. The summed E-state index contributed by atoms with van der Waals surface area (Å²) in [4.78, 5) is 24.7. The SMILES string of the molecule is Cc1cc2nn(-c3cccc4ccccc34)nc2cc1NC(=O)c1cccc([N+](=O)[O-])c1. The van der Waals surface area contributed by atoms with Crippen molar-refractivity contribution in [3.63, 3.8) is 0 Å². The number of nitrogens with one attached hydrogen (secondary N) is 1. The second-order valence-electron chi connectivity index (χ2n) is 7.41. The van der Waals surface area contributed by atoms with Gasteiger partial charge in [0.2, 0.25) is 0 Å². The molecule has 0 saturated heterocycles. The van der Waals surface area contributed by atoms with Gasteiger partial charge in [-0.05, 0) is 42.1 Å². The van der Waals surface area contributed by atoms with Crippen LogP contribution >= 0.6 is 0 Å². The average Bonchev–Trinajstić information content (AvgIpc) is 3.21. The number of aromatic nitrogens is 3. The molecule has 1 aromatic heterocycles. The number of anilines is 1. The number of fused-ring (bicyclic) bond motifs is 2. The fourth-order valence-corrected chi connectivity index (χ4v) is 3.65. The molecule has 0 bridgehead atoms. The van der Waals surface area contributed by atoms with Crippen LogP contribution in [0.2, 0.25) is 0 Å². The van der Waals surface area contributed by atoms with Crippen molar-refractivity contribution in [2.24, 2.45) is 0 Å². The Morgan fingerprint density at radius 3 is 2.47 bits per heavy atom. The van der Waals surface area contributed by atoms with Crippen molar-refractivity contribution in [2.45, 2.75) is 6.92 Å². The normalized spacial score (nSPS) is 11.0. The monoisotopic (exact) mass is 423 g/mol. The lowest BCUT2D eigenvalue weighted by molar-refractivity contribution is -0.384. The molecule has 0 unspecified atom stereocenters. The van der Waals surface area contributed by atoms with Crippen LogP contribution in [0.4, 0.5) is 11.4 Å². The summed E-state index contributed by atoms with van der Waals surface area (Å²) in [6, 6.07) is 23.2. The lowest BCUT2D eigenvalue weighted by Crippen LogP contribution is -2.13. The molecule has 1 amide bonds. The van der Waals surface area contributed by atoms with E-state index >= 15 is 0 Å². The maximum absolute atomic E-state index is 12.7. The third kappa shape index (κ3) is 3.43. The molecular weight excluding hydrogens is 406 g/mol. The van der Waals surface area contributed by atoms with Gasteiger partial charge in [0.1, 0.15) is 11.0 Å². The van der Waals surface area contributed by atoms with Gasteiger partial charge < -0.3 is 5.32 Å². The number of nitro groups is 1. The summed E-state index contributed by atoms with van der Waals surface area (Å²) in [5.41, 5.74) is 3.63. The van der Waals surface area contributed by atoms with Gasteiger partial charge in [0.05, 0.1) is 10.6 Å². The van der Waals surface area contributed by atoms with E-state index in [4.69, 9.17) is 0 Å². The Bertz CT molecular complexity index is 1520. The summed E-state index contributed by atoms with van der Waals surface area (Å²) in [5, 5.41) is 25.2. The lowest BCUT2D eigenvalue weighted by atomic mass is 10.1. The van der Waals surface area contributed by atoms with Gasteiger partial charge >= 0.3 is 0 Å². The number of hydrogen-bond donors (Lipinski definition) is 1. The third-order valence-corrected chi connectivity index (χ3v) is 5.28. The van der Waals surface area contributed by atoms with Crippen molar-refractivity contribution in [3.05, 3.63) is 100 Å². The highest BCUT2D eigenvalue weighted by Crippen LogP contribution is 2.26. The van der Waals surface area contributed by atoms with E-state index in [9.17, 15) is 14.9 Å². The summed E-state index contributed by atoms with van der Waals surface area (Å²) in [5.74, 6) is -0.433. The second-order valence-corrected chi connectivity index (χ2v) is 7.41.